The van der Waals surface area contributed by atoms with E-state index < -0.39 is 16.8 Å². The summed E-state index contributed by atoms with van der Waals surface area (Å²) < 4.78 is 24.1. The van der Waals surface area contributed by atoms with Crippen LogP contribution >= 0.6 is 0 Å². The van der Waals surface area contributed by atoms with E-state index in [9.17, 15) is 13.6 Å². The Morgan fingerprint density at radius 2 is 1.93 bits per heavy atom. The molecule has 7 heteroatoms. The summed E-state index contributed by atoms with van der Waals surface area (Å²) in [6, 6.07) is 18.4. The molecule has 0 radical (unpaired) electrons. The second-order valence-electron chi connectivity index (χ2n) is 7.98. The van der Waals surface area contributed by atoms with Crippen molar-refractivity contribution in [3.8, 4) is 11.1 Å². The highest BCUT2D eigenvalue weighted by atomic mass is 32.2. The van der Waals surface area contributed by atoms with Gasteiger partial charge >= 0.3 is 0 Å². The molecule has 30 heavy (non-hydrogen) atoms. The van der Waals surface area contributed by atoms with E-state index in [0.29, 0.717) is 19.4 Å². The molecule has 0 heterocycles. The van der Waals surface area contributed by atoms with Crippen molar-refractivity contribution in [3.63, 3.8) is 0 Å². The van der Waals surface area contributed by atoms with Crippen LogP contribution in [-0.4, -0.2) is 33.3 Å². The lowest BCUT2D eigenvalue weighted by molar-refractivity contribution is -0.129. The Morgan fingerprint density at radius 1 is 1.20 bits per heavy atom. The maximum Gasteiger partial charge on any atom is 0.232 e. The van der Waals surface area contributed by atoms with Crippen LogP contribution in [0.5, 0.6) is 0 Å². The number of nitrogens with one attached hydrogen (secondary N) is 2. The summed E-state index contributed by atoms with van der Waals surface area (Å²) in [6.07, 6.45) is 2.79. The van der Waals surface area contributed by atoms with Crippen molar-refractivity contribution in [3.05, 3.63) is 60.2 Å². The molecule has 0 saturated heterocycles. The van der Waals surface area contributed by atoms with Gasteiger partial charge in [-0.1, -0.05) is 61.0 Å². The minimum Gasteiger partial charge on any atom is -0.356 e. The first-order valence-corrected chi connectivity index (χ1v) is 11.6. The van der Waals surface area contributed by atoms with Gasteiger partial charge in [0.2, 0.25) is 17.2 Å². The summed E-state index contributed by atoms with van der Waals surface area (Å²) >= 11 is -2.21. The number of hydrogen-bond donors (Lipinski definition) is 4. The highest BCUT2D eigenvalue weighted by Gasteiger charge is 2.48. The van der Waals surface area contributed by atoms with Gasteiger partial charge in [-0.15, -0.1) is 0 Å². The molecule has 0 spiro atoms. The molecule has 4 atom stereocenters. The molecule has 1 aliphatic carbocycles. The molecule has 2 unspecified atom stereocenters. The highest BCUT2D eigenvalue weighted by molar-refractivity contribution is 7.77. The summed E-state index contributed by atoms with van der Waals surface area (Å²) in [7, 11) is 0. The topological polar surface area (TPSA) is 104 Å². The number of rotatable bonds is 8. The van der Waals surface area contributed by atoms with Gasteiger partial charge in [0.05, 0.1) is 0 Å². The van der Waals surface area contributed by atoms with E-state index >= 15 is 0 Å². The number of amides is 1. The van der Waals surface area contributed by atoms with Crippen molar-refractivity contribution in [2.75, 3.05) is 13.1 Å². The molecule has 1 saturated carbocycles. The average Bonchev–Trinajstić information content (AvgIpc) is 2.75. The second-order valence-corrected chi connectivity index (χ2v) is 8.68. The van der Waals surface area contributed by atoms with Crippen LogP contribution in [0.1, 0.15) is 31.7 Å². The molecule has 2 aromatic carbocycles. The predicted octanol–water partition coefficient (Wildman–Crippen LogP) is 2.87. The van der Waals surface area contributed by atoms with Gasteiger partial charge in [-0.3, -0.25) is 9.35 Å². The molecule has 1 amide bonds. The van der Waals surface area contributed by atoms with E-state index in [4.69, 9.17) is 5.73 Å². The van der Waals surface area contributed by atoms with Crippen molar-refractivity contribution in [1.29, 1.82) is 0 Å². The van der Waals surface area contributed by atoms with Gasteiger partial charge in [-0.2, -0.15) is 0 Å². The normalized spacial score (nSPS) is 24.9. The average molecular weight is 430 g/mol. The molecular formula is C23H31N3O3S. The lowest BCUT2D eigenvalue weighted by Gasteiger charge is -2.47. The molecule has 6 nitrogen and oxygen atoms in total. The third-order valence-corrected chi connectivity index (χ3v) is 6.75. The van der Waals surface area contributed by atoms with Crippen LogP contribution in [0.2, 0.25) is 0 Å². The van der Waals surface area contributed by atoms with Crippen LogP contribution in [0.25, 0.3) is 11.1 Å². The Labute approximate surface area is 181 Å². The van der Waals surface area contributed by atoms with Crippen molar-refractivity contribution < 1.29 is 13.6 Å². The molecule has 0 bridgehead atoms. The molecular weight excluding hydrogens is 398 g/mol. The first-order chi connectivity index (χ1) is 14.5. The lowest BCUT2D eigenvalue weighted by atomic mass is 9.64. The summed E-state index contributed by atoms with van der Waals surface area (Å²) in [5.74, 6) is -0.464. The van der Waals surface area contributed by atoms with Gasteiger partial charge in [0.25, 0.3) is 0 Å². The summed E-state index contributed by atoms with van der Waals surface area (Å²) in [4.78, 5) is 12.9. The summed E-state index contributed by atoms with van der Waals surface area (Å²) in [6.45, 7) is 2.65. The zero-order valence-electron chi connectivity index (χ0n) is 17.3. The first kappa shape index (κ1) is 22.6. The minimum absolute atomic E-state index is 0.00948. The molecule has 162 valence electrons. The van der Waals surface area contributed by atoms with E-state index in [1.807, 2.05) is 37.3 Å². The fourth-order valence-electron chi connectivity index (χ4n) is 4.72. The van der Waals surface area contributed by atoms with E-state index in [2.05, 4.69) is 34.3 Å². The van der Waals surface area contributed by atoms with Crippen molar-refractivity contribution in [2.24, 2.45) is 17.6 Å². The quantitative estimate of drug-likeness (QED) is 0.484. The third-order valence-electron chi connectivity index (χ3n) is 6.17. The Morgan fingerprint density at radius 3 is 2.60 bits per heavy atom. The Kier molecular flexibility index (Phi) is 7.77. The maximum absolute atomic E-state index is 12.9. The fraction of sp³-hybridized carbons (Fsp3) is 0.435. The van der Waals surface area contributed by atoms with Crippen LogP contribution in [-0.2, 0) is 22.5 Å². The van der Waals surface area contributed by atoms with Crippen molar-refractivity contribution in [2.45, 2.75) is 38.1 Å². The zero-order chi connectivity index (χ0) is 21.6. The fourth-order valence-corrected chi connectivity index (χ4v) is 5.41. The Hall–Kier alpha value is -2.06. The largest absolute Gasteiger partial charge is 0.356 e. The van der Waals surface area contributed by atoms with Gasteiger partial charge in [0.15, 0.2) is 0 Å². The monoisotopic (exact) mass is 429 g/mol. The number of nitrogens with two attached hydrogens (primary N) is 1. The standard InChI is InChI=1S/C23H31N3O3S/c1-2-25-22(27)20-12-7-13-23(16-24,26-30(28)29)21(20)15-17-8-6-11-19(14-17)18-9-4-3-5-10-18/h3-6,8-11,14,20-21,26H,2,7,12-13,15-16,24H2,1H3,(H,25,27)(H,28,29)/t20?,21-,23-/m1/s1. The van der Waals surface area contributed by atoms with Crippen LogP contribution in [0.15, 0.2) is 54.6 Å². The van der Waals surface area contributed by atoms with Gasteiger partial charge in [0.1, 0.15) is 0 Å². The third kappa shape index (κ3) is 5.16. The van der Waals surface area contributed by atoms with Crippen LogP contribution in [0, 0.1) is 11.8 Å². The predicted molar refractivity (Wildman–Crippen MR) is 121 cm³/mol. The molecule has 2 aromatic rings. The van der Waals surface area contributed by atoms with Gasteiger partial charge < -0.3 is 11.1 Å². The number of hydrogen-bond acceptors (Lipinski definition) is 3. The maximum atomic E-state index is 12.9. The number of carbonyl (C=O) groups is 1. The lowest BCUT2D eigenvalue weighted by Crippen LogP contribution is -2.62. The number of carbonyl (C=O) groups excluding carboxylic acids is 1. The smallest absolute Gasteiger partial charge is 0.232 e. The van der Waals surface area contributed by atoms with E-state index in [1.165, 1.54) is 0 Å². The highest BCUT2D eigenvalue weighted by Crippen LogP contribution is 2.40. The SMILES string of the molecule is CCNC(=O)C1CCC[C@](CN)(NS(=O)O)[C@@H]1Cc1cccc(-c2ccccc2)c1. The number of benzene rings is 2. The molecule has 1 fully saturated rings. The molecule has 3 rings (SSSR count). The van der Waals surface area contributed by atoms with E-state index in [-0.39, 0.29) is 24.3 Å². The van der Waals surface area contributed by atoms with Gasteiger partial charge in [0, 0.05) is 24.5 Å². The Bertz CT molecular complexity index is 877. The van der Waals surface area contributed by atoms with E-state index in [1.54, 1.807) is 0 Å². The van der Waals surface area contributed by atoms with Crippen molar-refractivity contribution >= 4 is 17.2 Å². The van der Waals surface area contributed by atoms with Crippen LogP contribution in [0.3, 0.4) is 0 Å². The molecule has 0 aliphatic heterocycles. The molecule has 5 N–H and O–H groups in total. The zero-order valence-corrected chi connectivity index (χ0v) is 18.2. The minimum atomic E-state index is -2.21. The molecule has 0 aromatic heterocycles. The van der Waals surface area contributed by atoms with Crippen LogP contribution in [0.4, 0.5) is 0 Å². The first-order valence-electron chi connectivity index (χ1n) is 10.5. The van der Waals surface area contributed by atoms with E-state index in [0.717, 1.165) is 29.5 Å². The summed E-state index contributed by atoms with van der Waals surface area (Å²) in [5, 5.41) is 2.94. The Balaban J connectivity index is 1.96. The van der Waals surface area contributed by atoms with Gasteiger partial charge in [-0.25, -0.2) is 8.93 Å². The second kappa shape index (κ2) is 10.3. The summed E-state index contributed by atoms with van der Waals surface area (Å²) in [5.41, 5.74) is 8.70. The van der Waals surface area contributed by atoms with Crippen molar-refractivity contribution in [1.82, 2.24) is 10.0 Å². The van der Waals surface area contributed by atoms with Crippen LogP contribution < -0.4 is 15.8 Å². The van der Waals surface area contributed by atoms with Gasteiger partial charge in [-0.05, 0) is 48.8 Å². The molecule has 1 aliphatic rings.